The SMILES string of the molecule is C#CCCCCNCc1ccc([N+](=O)[O-])cc1Br. The zero-order chi connectivity index (χ0) is 13.4. The molecule has 1 aromatic carbocycles. The topological polar surface area (TPSA) is 55.2 Å². The van der Waals surface area contributed by atoms with Crippen molar-refractivity contribution >= 4 is 21.6 Å². The fourth-order valence-electron chi connectivity index (χ4n) is 1.49. The Hall–Kier alpha value is -1.38. The maximum Gasteiger partial charge on any atom is 0.270 e. The van der Waals surface area contributed by atoms with E-state index in [1.807, 2.05) is 0 Å². The molecule has 0 amide bonds. The largest absolute Gasteiger partial charge is 0.313 e. The molecule has 0 saturated carbocycles. The number of hydrogen-bond donors (Lipinski definition) is 1. The minimum Gasteiger partial charge on any atom is -0.313 e. The molecule has 0 aliphatic carbocycles. The van der Waals surface area contributed by atoms with Gasteiger partial charge in [-0.2, -0.15) is 0 Å². The second kappa shape index (κ2) is 7.85. The van der Waals surface area contributed by atoms with Crippen molar-refractivity contribution in [2.75, 3.05) is 6.54 Å². The summed E-state index contributed by atoms with van der Waals surface area (Å²) in [7, 11) is 0. The van der Waals surface area contributed by atoms with Gasteiger partial charge in [-0.15, -0.1) is 12.3 Å². The van der Waals surface area contributed by atoms with E-state index in [1.165, 1.54) is 12.1 Å². The van der Waals surface area contributed by atoms with Crippen LogP contribution in [0.5, 0.6) is 0 Å². The normalized spacial score (nSPS) is 10.0. The summed E-state index contributed by atoms with van der Waals surface area (Å²) in [5, 5.41) is 13.9. The third-order valence-corrected chi connectivity index (χ3v) is 3.23. The second-order valence-corrected chi connectivity index (χ2v) is 4.73. The smallest absolute Gasteiger partial charge is 0.270 e. The number of rotatable bonds is 7. The number of non-ortho nitro benzene ring substituents is 1. The highest BCUT2D eigenvalue weighted by Gasteiger charge is 2.08. The molecule has 0 heterocycles. The summed E-state index contributed by atoms with van der Waals surface area (Å²) < 4.78 is 0.757. The molecule has 5 heteroatoms. The first kappa shape index (κ1) is 14.7. The van der Waals surface area contributed by atoms with Crippen molar-refractivity contribution < 1.29 is 4.92 Å². The average Bonchev–Trinajstić information content (AvgIpc) is 2.35. The molecule has 0 aliphatic rings. The number of nitro groups is 1. The van der Waals surface area contributed by atoms with Gasteiger partial charge in [-0.1, -0.05) is 15.9 Å². The molecule has 1 rings (SSSR count). The molecule has 0 unspecified atom stereocenters. The lowest BCUT2D eigenvalue weighted by Gasteiger charge is -2.06. The number of nitrogens with zero attached hydrogens (tertiary/aromatic N) is 1. The van der Waals surface area contributed by atoms with E-state index in [-0.39, 0.29) is 5.69 Å². The molecule has 0 fully saturated rings. The summed E-state index contributed by atoms with van der Waals surface area (Å²) >= 11 is 3.34. The van der Waals surface area contributed by atoms with Gasteiger partial charge < -0.3 is 5.32 Å². The van der Waals surface area contributed by atoms with Crippen molar-refractivity contribution in [2.45, 2.75) is 25.8 Å². The molecular formula is C13H15BrN2O2. The predicted molar refractivity (Wildman–Crippen MR) is 75.2 cm³/mol. The fraction of sp³-hybridized carbons (Fsp3) is 0.385. The Labute approximate surface area is 115 Å². The first-order valence-electron chi connectivity index (χ1n) is 5.72. The molecule has 0 bridgehead atoms. The maximum atomic E-state index is 10.6. The Bertz CT molecular complexity index is 455. The molecule has 0 spiro atoms. The third-order valence-electron chi connectivity index (χ3n) is 2.49. The molecule has 96 valence electrons. The maximum absolute atomic E-state index is 10.6. The van der Waals surface area contributed by atoms with Crippen LogP contribution in [-0.2, 0) is 6.54 Å². The second-order valence-electron chi connectivity index (χ2n) is 3.87. The molecular weight excluding hydrogens is 296 g/mol. The molecule has 4 nitrogen and oxygen atoms in total. The van der Waals surface area contributed by atoms with Gasteiger partial charge >= 0.3 is 0 Å². The number of halogens is 1. The Morgan fingerprint density at radius 1 is 1.44 bits per heavy atom. The van der Waals surface area contributed by atoms with Crippen LogP contribution in [0.4, 0.5) is 5.69 Å². The van der Waals surface area contributed by atoms with Crippen LogP contribution < -0.4 is 5.32 Å². The lowest BCUT2D eigenvalue weighted by molar-refractivity contribution is -0.384. The molecule has 0 saturated heterocycles. The Morgan fingerprint density at radius 3 is 2.83 bits per heavy atom. The van der Waals surface area contributed by atoms with Crippen LogP contribution in [0.1, 0.15) is 24.8 Å². The van der Waals surface area contributed by atoms with Gasteiger partial charge in [-0.25, -0.2) is 0 Å². The van der Waals surface area contributed by atoms with Crippen LogP contribution in [0.3, 0.4) is 0 Å². The zero-order valence-corrected chi connectivity index (χ0v) is 11.6. The van der Waals surface area contributed by atoms with E-state index in [0.717, 1.165) is 35.8 Å². The van der Waals surface area contributed by atoms with Gasteiger partial charge in [-0.05, 0) is 31.0 Å². The summed E-state index contributed by atoms with van der Waals surface area (Å²) in [4.78, 5) is 10.2. The molecule has 0 radical (unpaired) electrons. The minimum absolute atomic E-state index is 0.0969. The molecule has 1 N–H and O–H groups in total. The van der Waals surface area contributed by atoms with Crippen molar-refractivity contribution in [3.63, 3.8) is 0 Å². The summed E-state index contributed by atoms with van der Waals surface area (Å²) in [5.74, 6) is 2.60. The molecule has 1 aromatic rings. The van der Waals surface area contributed by atoms with Crippen LogP contribution in [0.15, 0.2) is 22.7 Å². The van der Waals surface area contributed by atoms with Gasteiger partial charge in [0.1, 0.15) is 0 Å². The van der Waals surface area contributed by atoms with Crippen LogP contribution in [0.25, 0.3) is 0 Å². The van der Waals surface area contributed by atoms with Gasteiger partial charge in [0.15, 0.2) is 0 Å². The number of terminal acetylenes is 1. The van der Waals surface area contributed by atoms with E-state index >= 15 is 0 Å². The summed E-state index contributed by atoms with van der Waals surface area (Å²) in [6, 6.07) is 4.80. The van der Waals surface area contributed by atoms with Crippen molar-refractivity contribution in [1.29, 1.82) is 0 Å². The quantitative estimate of drug-likeness (QED) is 0.364. The van der Waals surface area contributed by atoms with E-state index in [4.69, 9.17) is 6.42 Å². The highest BCUT2D eigenvalue weighted by Crippen LogP contribution is 2.22. The number of nitro benzene ring substituents is 1. The fourth-order valence-corrected chi connectivity index (χ4v) is 2.00. The molecule has 18 heavy (non-hydrogen) atoms. The third kappa shape index (κ3) is 4.86. The number of nitrogens with one attached hydrogen (secondary N) is 1. The van der Waals surface area contributed by atoms with Gasteiger partial charge in [0.2, 0.25) is 0 Å². The van der Waals surface area contributed by atoms with Gasteiger partial charge in [0.05, 0.1) is 4.92 Å². The Balaban J connectivity index is 2.39. The summed E-state index contributed by atoms with van der Waals surface area (Å²) in [6.07, 6.45) is 8.02. The van der Waals surface area contributed by atoms with Gasteiger partial charge in [0, 0.05) is 29.6 Å². The average molecular weight is 311 g/mol. The first-order valence-corrected chi connectivity index (χ1v) is 6.51. The van der Waals surface area contributed by atoms with E-state index < -0.39 is 4.92 Å². The zero-order valence-electron chi connectivity index (χ0n) is 9.99. The molecule has 0 aliphatic heterocycles. The number of benzene rings is 1. The van der Waals surface area contributed by atoms with Gasteiger partial charge in [0.25, 0.3) is 5.69 Å². The number of hydrogen-bond acceptors (Lipinski definition) is 3. The van der Waals surface area contributed by atoms with Crippen LogP contribution >= 0.6 is 15.9 Å². The van der Waals surface area contributed by atoms with Crippen molar-refractivity contribution in [3.05, 3.63) is 38.3 Å². The highest BCUT2D eigenvalue weighted by atomic mass is 79.9. The monoisotopic (exact) mass is 310 g/mol. The lowest BCUT2D eigenvalue weighted by Crippen LogP contribution is -2.15. The van der Waals surface area contributed by atoms with Crippen LogP contribution in [-0.4, -0.2) is 11.5 Å². The van der Waals surface area contributed by atoms with Crippen LogP contribution in [0.2, 0.25) is 0 Å². The predicted octanol–water partition coefficient (Wildman–Crippen LogP) is 3.25. The van der Waals surface area contributed by atoms with E-state index in [2.05, 4.69) is 27.2 Å². The summed E-state index contributed by atoms with van der Waals surface area (Å²) in [6.45, 7) is 1.58. The van der Waals surface area contributed by atoms with E-state index in [0.29, 0.717) is 6.54 Å². The Morgan fingerprint density at radius 2 is 2.22 bits per heavy atom. The minimum atomic E-state index is -0.401. The van der Waals surface area contributed by atoms with Crippen molar-refractivity contribution in [2.24, 2.45) is 0 Å². The van der Waals surface area contributed by atoms with E-state index in [9.17, 15) is 10.1 Å². The van der Waals surface area contributed by atoms with Crippen molar-refractivity contribution in [3.8, 4) is 12.3 Å². The standard InChI is InChI=1S/C13H15BrN2O2/c1-2-3-4-5-8-15-10-11-6-7-12(16(17)18)9-13(11)14/h1,6-7,9,15H,3-5,8,10H2. The number of unbranched alkanes of at least 4 members (excludes halogenated alkanes) is 2. The van der Waals surface area contributed by atoms with Crippen molar-refractivity contribution in [1.82, 2.24) is 5.32 Å². The lowest BCUT2D eigenvalue weighted by atomic mass is 10.2. The molecule has 0 atom stereocenters. The molecule has 0 aromatic heterocycles. The van der Waals surface area contributed by atoms with Gasteiger partial charge in [-0.3, -0.25) is 10.1 Å². The van der Waals surface area contributed by atoms with E-state index in [1.54, 1.807) is 6.07 Å². The first-order chi connectivity index (χ1) is 8.65. The summed E-state index contributed by atoms with van der Waals surface area (Å²) in [5.41, 5.74) is 1.11. The van der Waals surface area contributed by atoms with Crippen LogP contribution in [0, 0.1) is 22.5 Å². The Kier molecular flexibility index (Phi) is 6.40. The highest BCUT2D eigenvalue weighted by molar-refractivity contribution is 9.10.